The number of nitrogens with zero attached hydrogens (tertiary/aromatic N) is 1. The quantitative estimate of drug-likeness (QED) is 0.405. The second-order valence-corrected chi connectivity index (χ2v) is 3.59. The molecule has 0 aliphatic carbocycles. The molecular formula is C11H14N2O. The standard InChI is InChI=1S/C11H14N2O/c1-8(13-14)9-4-5-11-10(7-9)3-2-6-12-11/h4-5,7,12,14H,2-3,6H2,1H3. The van der Waals surface area contributed by atoms with Gasteiger partial charge in [0.15, 0.2) is 0 Å². The molecule has 14 heavy (non-hydrogen) atoms. The summed E-state index contributed by atoms with van der Waals surface area (Å²) in [5.41, 5.74) is 4.19. The minimum atomic E-state index is 0.665. The van der Waals surface area contributed by atoms with Crippen molar-refractivity contribution in [2.75, 3.05) is 11.9 Å². The molecular weight excluding hydrogens is 176 g/mol. The predicted molar refractivity (Wildman–Crippen MR) is 57.3 cm³/mol. The number of rotatable bonds is 1. The molecule has 0 bridgehead atoms. The van der Waals surface area contributed by atoms with Crippen LogP contribution in [0.4, 0.5) is 5.69 Å². The molecule has 1 aliphatic heterocycles. The molecule has 1 aromatic rings. The normalized spacial score (nSPS) is 15.9. The molecule has 0 unspecified atom stereocenters. The van der Waals surface area contributed by atoms with E-state index in [0.29, 0.717) is 5.71 Å². The van der Waals surface area contributed by atoms with Crippen molar-refractivity contribution in [2.24, 2.45) is 5.16 Å². The molecule has 3 nitrogen and oxygen atoms in total. The number of nitrogens with one attached hydrogen (secondary N) is 1. The number of hydrogen-bond donors (Lipinski definition) is 2. The molecule has 0 atom stereocenters. The van der Waals surface area contributed by atoms with Crippen molar-refractivity contribution < 1.29 is 5.21 Å². The average molecular weight is 190 g/mol. The monoisotopic (exact) mass is 190 g/mol. The van der Waals surface area contributed by atoms with Gasteiger partial charge in [0.25, 0.3) is 0 Å². The Hall–Kier alpha value is -1.51. The third-order valence-corrected chi connectivity index (χ3v) is 2.61. The van der Waals surface area contributed by atoms with Crippen molar-refractivity contribution in [2.45, 2.75) is 19.8 Å². The molecule has 0 saturated heterocycles. The summed E-state index contributed by atoms with van der Waals surface area (Å²) >= 11 is 0. The number of benzene rings is 1. The molecule has 1 heterocycles. The minimum Gasteiger partial charge on any atom is -0.411 e. The first-order chi connectivity index (χ1) is 6.81. The van der Waals surface area contributed by atoms with E-state index in [1.54, 1.807) is 6.92 Å². The van der Waals surface area contributed by atoms with Crippen LogP contribution in [0.2, 0.25) is 0 Å². The maximum atomic E-state index is 8.66. The summed E-state index contributed by atoms with van der Waals surface area (Å²) in [6.07, 6.45) is 2.28. The molecule has 0 fully saturated rings. The smallest absolute Gasteiger partial charge is 0.0837 e. The lowest BCUT2D eigenvalue weighted by atomic mass is 9.99. The molecule has 1 aliphatic rings. The van der Waals surface area contributed by atoms with Crippen LogP contribution < -0.4 is 5.32 Å². The number of hydrogen-bond acceptors (Lipinski definition) is 3. The number of fused-ring (bicyclic) bond motifs is 1. The average Bonchev–Trinajstić information content (AvgIpc) is 2.27. The number of aryl methyl sites for hydroxylation is 1. The van der Waals surface area contributed by atoms with Crippen LogP contribution in [0.15, 0.2) is 23.4 Å². The van der Waals surface area contributed by atoms with E-state index in [1.807, 2.05) is 6.07 Å². The first kappa shape index (κ1) is 9.06. The molecule has 2 rings (SSSR count). The van der Waals surface area contributed by atoms with E-state index < -0.39 is 0 Å². The zero-order valence-electron chi connectivity index (χ0n) is 8.25. The van der Waals surface area contributed by atoms with Crippen molar-refractivity contribution >= 4 is 11.4 Å². The highest BCUT2D eigenvalue weighted by Gasteiger charge is 2.09. The Labute approximate surface area is 83.4 Å². The van der Waals surface area contributed by atoms with Crippen LogP contribution in [0.1, 0.15) is 24.5 Å². The summed E-state index contributed by atoms with van der Waals surface area (Å²) in [4.78, 5) is 0. The molecule has 0 saturated carbocycles. The highest BCUT2D eigenvalue weighted by molar-refractivity contribution is 5.98. The maximum absolute atomic E-state index is 8.66. The van der Waals surface area contributed by atoms with Crippen molar-refractivity contribution in [3.63, 3.8) is 0 Å². The van der Waals surface area contributed by atoms with Gasteiger partial charge in [0.05, 0.1) is 5.71 Å². The van der Waals surface area contributed by atoms with Crippen LogP contribution in [-0.2, 0) is 6.42 Å². The van der Waals surface area contributed by atoms with Crippen molar-refractivity contribution in [1.29, 1.82) is 0 Å². The highest BCUT2D eigenvalue weighted by Crippen LogP contribution is 2.23. The lowest BCUT2D eigenvalue weighted by molar-refractivity contribution is 0.319. The Morgan fingerprint density at radius 2 is 2.36 bits per heavy atom. The SMILES string of the molecule is CC(=NO)c1ccc2c(c1)CCCN2. The van der Waals surface area contributed by atoms with Crippen LogP contribution in [0, 0.1) is 0 Å². The topological polar surface area (TPSA) is 44.6 Å². The van der Waals surface area contributed by atoms with Crippen LogP contribution in [-0.4, -0.2) is 17.5 Å². The minimum absolute atomic E-state index is 0.665. The molecule has 0 aromatic heterocycles. The Morgan fingerprint density at radius 3 is 3.14 bits per heavy atom. The first-order valence-corrected chi connectivity index (χ1v) is 4.87. The molecule has 2 N–H and O–H groups in total. The summed E-state index contributed by atoms with van der Waals surface area (Å²) in [5, 5.41) is 15.2. The fourth-order valence-corrected chi connectivity index (χ4v) is 1.76. The summed E-state index contributed by atoms with van der Waals surface area (Å²) in [7, 11) is 0. The third kappa shape index (κ3) is 1.58. The van der Waals surface area contributed by atoms with E-state index in [0.717, 1.165) is 18.5 Å². The van der Waals surface area contributed by atoms with E-state index >= 15 is 0 Å². The molecule has 74 valence electrons. The van der Waals surface area contributed by atoms with Gasteiger partial charge in [-0.3, -0.25) is 0 Å². The first-order valence-electron chi connectivity index (χ1n) is 4.87. The van der Waals surface area contributed by atoms with Crippen LogP contribution >= 0.6 is 0 Å². The second-order valence-electron chi connectivity index (χ2n) is 3.59. The second kappa shape index (κ2) is 3.70. The maximum Gasteiger partial charge on any atom is 0.0837 e. The van der Waals surface area contributed by atoms with E-state index in [4.69, 9.17) is 5.21 Å². The van der Waals surface area contributed by atoms with Gasteiger partial charge in [-0.05, 0) is 43.0 Å². The van der Waals surface area contributed by atoms with Gasteiger partial charge in [-0.1, -0.05) is 11.2 Å². The fourth-order valence-electron chi connectivity index (χ4n) is 1.76. The van der Waals surface area contributed by atoms with Gasteiger partial charge in [0.1, 0.15) is 0 Å². The molecule has 1 aromatic carbocycles. The van der Waals surface area contributed by atoms with Gasteiger partial charge in [-0.25, -0.2) is 0 Å². The Bertz CT molecular complexity index is 372. The molecule has 0 amide bonds. The summed E-state index contributed by atoms with van der Waals surface area (Å²) in [6.45, 7) is 2.86. The summed E-state index contributed by atoms with van der Waals surface area (Å²) in [6, 6.07) is 6.13. The predicted octanol–water partition coefficient (Wildman–Crippen LogP) is 2.24. The van der Waals surface area contributed by atoms with Crippen molar-refractivity contribution in [3.8, 4) is 0 Å². The van der Waals surface area contributed by atoms with Gasteiger partial charge >= 0.3 is 0 Å². The Morgan fingerprint density at radius 1 is 1.50 bits per heavy atom. The van der Waals surface area contributed by atoms with E-state index in [-0.39, 0.29) is 0 Å². The lowest BCUT2D eigenvalue weighted by Crippen LogP contribution is -2.12. The van der Waals surface area contributed by atoms with Gasteiger partial charge in [-0.2, -0.15) is 0 Å². The largest absolute Gasteiger partial charge is 0.411 e. The van der Waals surface area contributed by atoms with E-state index in [2.05, 4.69) is 22.6 Å². The molecule has 0 radical (unpaired) electrons. The lowest BCUT2D eigenvalue weighted by Gasteiger charge is -2.18. The van der Waals surface area contributed by atoms with Crippen molar-refractivity contribution in [1.82, 2.24) is 0 Å². The van der Waals surface area contributed by atoms with Gasteiger partial charge in [0, 0.05) is 12.2 Å². The van der Waals surface area contributed by atoms with Gasteiger partial charge < -0.3 is 10.5 Å². The zero-order chi connectivity index (χ0) is 9.97. The summed E-state index contributed by atoms with van der Waals surface area (Å²) < 4.78 is 0. The zero-order valence-corrected chi connectivity index (χ0v) is 8.25. The van der Waals surface area contributed by atoms with Crippen LogP contribution in [0.3, 0.4) is 0 Å². The van der Waals surface area contributed by atoms with Gasteiger partial charge in [0.2, 0.25) is 0 Å². The van der Waals surface area contributed by atoms with Gasteiger partial charge in [-0.15, -0.1) is 0 Å². The Kier molecular flexibility index (Phi) is 2.39. The Balaban J connectivity index is 2.38. The molecule has 3 heteroatoms. The highest BCUT2D eigenvalue weighted by atomic mass is 16.4. The van der Waals surface area contributed by atoms with E-state index in [9.17, 15) is 0 Å². The third-order valence-electron chi connectivity index (χ3n) is 2.61. The van der Waals surface area contributed by atoms with E-state index in [1.165, 1.54) is 17.7 Å². The number of anilines is 1. The van der Waals surface area contributed by atoms with Crippen molar-refractivity contribution in [3.05, 3.63) is 29.3 Å². The fraction of sp³-hybridized carbons (Fsp3) is 0.364. The number of oxime groups is 1. The van der Waals surface area contributed by atoms with Crippen LogP contribution in [0.25, 0.3) is 0 Å². The molecule has 0 spiro atoms. The van der Waals surface area contributed by atoms with Crippen LogP contribution in [0.5, 0.6) is 0 Å². The summed E-state index contributed by atoms with van der Waals surface area (Å²) in [5.74, 6) is 0.